The summed E-state index contributed by atoms with van der Waals surface area (Å²) >= 11 is 0. The fraction of sp³-hybridized carbons (Fsp3) is 0.917. The van der Waals surface area contributed by atoms with Crippen molar-refractivity contribution in [1.29, 1.82) is 0 Å². The SMILES string of the molecule is CC(CN1CCOCC1)NC(=O)C1CCCN1. The van der Waals surface area contributed by atoms with E-state index in [9.17, 15) is 4.79 Å². The van der Waals surface area contributed by atoms with E-state index in [1.807, 2.05) is 0 Å². The molecule has 2 fully saturated rings. The van der Waals surface area contributed by atoms with Crippen molar-refractivity contribution in [2.75, 3.05) is 39.4 Å². The molecule has 0 aromatic rings. The summed E-state index contributed by atoms with van der Waals surface area (Å²) in [5.74, 6) is 0.156. The van der Waals surface area contributed by atoms with Crippen LogP contribution in [0.25, 0.3) is 0 Å². The van der Waals surface area contributed by atoms with Crippen LogP contribution in [0.5, 0.6) is 0 Å². The number of hydrogen-bond acceptors (Lipinski definition) is 4. The lowest BCUT2D eigenvalue weighted by molar-refractivity contribution is -0.123. The van der Waals surface area contributed by atoms with Gasteiger partial charge in [-0.1, -0.05) is 0 Å². The number of carbonyl (C=O) groups excluding carboxylic acids is 1. The standard InChI is InChI=1S/C12H23N3O2/c1-10(9-15-5-7-17-8-6-15)14-12(16)11-3-2-4-13-11/h10-11,13H,2-9H2,1H3,(H,14,16). The van der Waals surface area contributed by atoms with Gasteiger partial charge in [-0.2, -0.15) is 0 Å². The maximum absolute atomic E-state index is 11.9. The summed E-state index contributed by atoms with van der Waals surface area (Å²) < 4.78 is 5.30. The average Bonchev–Trinajstić information content (AvgIpc) is 2.83. The molecule has 0 aliphatic carbocycles. The molecule has 2 saturated heterocycles. The minimum Gasteiger partial charge on any atom is -0.379 e. The number of nitrogens with one attached hydrogen (secondary N) is 2. The van der Waals surface area contributed by atoms with Gasteiger partial charge in [-0.15, -0.1) is 0 Å². The third-order valence-electron chi connectivity index (χ3n) is 3.40. The second-order valence-corrected chi connectivity index (χ2v) is 4.97. The van der Waals surface area contributed by atoms with Gasteiger partial charge in [-0.25, -0.2) is 0 Å². The van der Waals surface area contributed by atoms with E-state index < -0.39 is 0 Å². The van der Waals surface area contributed by atoms with Crippen molar-refractivity contribution in [2.45, 2.75) is 31.8 Å². The molecule has 5 nitrogen and oxygen atoms in total. The zero-order chi connectivity index (χ0) is 12.1. The second kappa shape index (κ2) is 6.33. The number of morpholine rings is 1. The number of rotatable bonds is 4. The number of ether oxygens (including phenoxy) is 1. The lowest BCUT2D eigenvalue weighted by Gasteiger charge is -2.29. The van der Waals surface area contributed by atoms with Crippen molar-refractivity contribution in [1.82, 2.24) is 15.5 Å². The first-order valence-electron chi connectivity index (χ1n) is 6.59. The number of nitrogens with zero attached hydrogens (tertiary/aromatic N) is 1. The molecule has 17 heavy (non-hydrogen) atoms. The highest BCUT2D eigenvalue weighted by Gasteiger charge is 2.23. The van der Waals surface area contributed by atoms with E-state index in [1.54, 1.807) is 0 Å². The Bertz CT molecular complexity index is 248. The van der Waals surface area contributed by atoms with Gasteiger partial charge in [0.25, 0.3) is 0 Å². The van der Waals surface area contributed by atoms with Crippen molar-refractivity contribution in [2.24, 2.45) is 0 Å². The molecule has 2 N–H and O–H groups in total. The summed E-state index contributed by atoms with van der Waals surface area (Å²) in [6, 6.07) is 0.241. The molecule has 0 bridgehead atoms. The van der Waals surface area contributed by atoms with Crippen molar-refractivity contribution in [3.63, 3.8) is 0 Å². The fourth-order valence-corrected chi connectivity index (χ4v) is 2.47. The topological polar surface area (TPSA) is 53.6 Å². The number of amides is 1. The summed E-state index contributed by atoms with van der Waals surface area (Å²) in [6.45, 7) is 7.53. The Balaban J connectivity index is 1.68. The summed E-state index contributed by atoms with van der Waals surface area (Å²) in [4.78, 5) is 14.2. The normalized spacial score (nSPS) is 27.9. The van der Waals surface area contributed by atoms with Gasteiger partial charge in [-0.3, -0.25) is 9.69 Å². The van der Waals surface area contributed by atoms with Crippen LogP contribution < -0.4 is 10.6 Å². The van der Waals surface area contributed by atoms with Gasteiger partial charge in [0.05, 0.1) is 19.3 Å². The Labute approximate surface area is 103 Å². The maximum Gasteiger partial charge on any atom is 0.237 e. The van der Waals surface area contributed by atoms with E-state index in [0.29, 0.717) is 0 Å². The summed E-state index contributed by atoms with van der Waals surface area (Å²) in [5.41, 5.74) is 0. The summed E-state index contributed by atoms with van der Waals surface area (Å²) in [6.07, 6.45) is 2.08. The monoisotopic (exact) mass is 241 g/mol. The van der Waals surface area contributed by atoms with Crippen LogP contribution in [0.1, 0.15) is 19.8 Å². The van der Waals surface area contributed by atoms with Crippen LogP contribution in [0.2, 0.25) is 0 Å². The van der Waals surface area contributed by atoms with E-state index in [1.165, 1.54) is 0 Å². The first-order valence-corrected chi connectivity index (χ1v) is 6.59. The van der Waals surface area contributed by atoms with Crippen LogP contribution in [0, 0.1) is 0 Å². The Hall–Kier alpha value is -0.650. The molecule has 2 heterocycles. The molecular formula is C12H23N3O2. The minimum absolute atomic E-state index is 0.0298. The summed E-state index contributed by atoms with van der Waals surface area (Å²) in [7, 11) is 0. The minimum atomic E-state index is 0.0298. The lowest BCUT2D eigenvalue weighted by atomic mass is 10.2. The zero-order valence-electron chi connectivity index (χ0n) is 10.6. The molecule has 0 spiro atoms. The van der Waals surface area contributed by atoms with Crippen molar-refractivity contribution >= 4 is 5.91 Å². The Morgan fingerprint density at radius 2 is 2.29 bits per heavy atom. The Kier molecular flexibility index (Phi) is 4.76. The van der Waals surface area contributed by atoms with E-state index in [2.05, 4.69) is 22.5 Å². The molecule has 0 aromatic heterocycles. The molecule has 2 aliphatic rings. The second-order valence-electron chi connectivity index (χ2n) is 4.97. The number of hydrogen-bond donors (Lipinski definition) is 2. The molecule has 2 atom stereocenters. The molecule has 5 heteroatoms. The predicted molar refractivity (Wildman–Crippen MR) is 65.9 cm³/mol. The van der Waals surface area contributed by atoms with Gasteiger partial charge in [0.1, 0.15) is 0 Å². The highest BCUT2D eigenvalue weighted by Crippen LogP contribution is 2.05. The van der Waals surface area contributed by atoms with Crippen LogP contribution in [0.3, 0.4) is 0 Å². The molecule has 0 aromatic carbocycles. The molecule has 2 aliphatic heterocycles. The van der Waals surface area contributed by atoms with Crippen LogP contribution >= 0.6 is 0 Å². The average molecular weight is 241 g/mol. The molecule has 1 amide bonds. The van der Waals surface area contributed by atoms with E-state index >= 15 is 0 Å². The van der Waals surface area contributed by atoms with Gasteiger partial charge in [-0.05, 0) is 26.3 Å². The van der Waals surface area contributed by atoms with E-state index in [4.69, 9.17) is 4.74 Å². The fourth-order valence-electron chi connectivity index (χ4n) is 2.47. The molecule has 0 saturated carbocycles. The van der Waals surface area contributed by atoms with Gasteiger partial charge >= 0.3 is 0 Å². The van der Waals surface area contributed by atoms with Crippen molar-refractivity contribution < 1.29 is 9.53 Å². The molecule has 98 valence electrons. The largest absolute Gasteiger partial charge is 0.379 e. The Morgan fingerprint density at radius 3 is 2.94 bits per heavy atom. The molecular weight excluding hydrogens is 218 g/mol. The van der Waals surface area contributed by atoms with Gasteiger partial charge in [0.15, 0.2) is 0 Å². The third-order valence-corrected chi connectivity index (χ3v) is 3.40. The summed E-state index contributed by atoms with van der Waals surface area (Å²) in [5, 5.41) is 6.30. The van der Waals surface area contributed by atoms with E-state index in [0.717, 1.165) is 52.2 Å². The van der Waals surface area contributed by atoms with Crippen LogP contribution in [-0.4, -0.2) is 62.3 Å². The van der Waals surface area contributed by atoms with Crippen molar-refractivity contribution in [3.8, 4) is 0 Å². The molecule has 2 rings (SSSR count). The molecule has 2 unspecified atom stereocenters. The van der Waals surface area contributed by atoms with Crippen LogP contribution in [-0.2, 0) is 9.53 Å². The quantitative estimate of drug-likeness (QED) is 0.701. The highest BCUT2D eigenvalue weighted by atomic mass is 16.5. The number of carbonyl (C=O) groups is 1. The Morgan fingerprint density at radius 1 is 1.53 bits per heavy atom. The lowest BCUT2D eigenvalue weighted by Crippen LogP contribution is -2.49. The molecule has 0 radical (unpaired) electrons. The zero-order valence-corrected chi connectivity index (χ0v) is 10.6. The van der Waals surface area contributed by atoms with Crippen LogP contribution in [0.15, 0.2) is 0 Å². The van der Waals surface area contributed by atoms with Crippen LogP contribution in [0.4, 0.5) is 0 Å². The van der Waals surface area contributed by atoms with Crippen molar-refractivity contribution in [3.05, 3.63) is 0 Å². The third kappa shape index (κ3) is 3.94. The van der Waals surface area contributed by atoms with E-state index in [-0.39, 0.29) is 18.0 Å². The smallest absolute Gasteiger partial charge is 0.237 e. The van der Waals surface area contributed by atoms with Gasteiger partial charge in [0.2, 0.25) is 5.91 Å². The first-order chi connectivity index (χ1) is 8.25. The van der Waals surface area contributed by atoms with Gasteiger partial charge < -0.3 is 15.4 Å². The van der Waals surface area contributed by atoms with Gasteiger partial charge in [0, 0.05) is 25.7 Å². The highest BCUT2D eigenvalue weighted by molar-refractivity contribution is 5.82. The maximum atomic E-state index is 11.9. The predicted octanol–water partition coefficient (Wildman–Crippen LogP) is -0.425. The first kappa shape index (κ1) is 12.8.